The monoisotopic (exact) mass is 199 g/mol. The van der Waals surface area contributed by atoms with Crippen LogP contribution >= 0.6 is 12.2 Å². The van der Waals surface area contributed by atoms with Crippen LogP contribution in [0.15, 0.2) is 4.99 Å². The Hall–Kier alpha value is -0.880. The van der Waals surface area contributed by atoms with E-state index in [2.05, 4.69) is 15.6 Å². The standard InChI is InChI=1S/C7H13N5S/c1-11(2)6-9-5-8-3-4-12(5)7(13)10-6/h6H,3-4H2,1-2H3,(H,8,9)(H,10,13). The molecular formula is C7H13N5S. The second-order valence-electron chi connectivity index (χ2n) is 3.32. The van der Waals surface area contributed by atoms with Crippen LogP contribution < -0.4 is 10.6 Å². The highest BCUT2D eigenvalue weighted by atomic mass is 32.1. The van der Waals surface area contributed by atoms with E-state index < -0.39 is 0 Å². The van der Waals surface area contributed by atoms with Gasteiger partial charge in [0.2, 0.25) is 5.96 Å². The van der Waals surface area contributed by atoms with Crippen molar-refractivity contribution >= 4 is 23.3 Å². The molecule has 0 amide bonds. The third-order valence-corrected chi connectivity index (χ3v) is 2.47. The summed E-state index contributed by atoms with van der Waals surface area (Å²) >= 11 is 5.21. The summed E-state index contributed by atoms with van der Waals surface area (Å²) in [7, 11) is 3.97. The van der Waals surface area contributed by atoms with E-state index in [0.29, 0.717) is 0 Å². The molecule has 0 aromatic rings. The minimum atomic E-state index is 0.0561. The first kappa shape index (κ1) is 8.71. The molecule has 0 aromatic heterocycles. The van der Waals surface area contributed by atoms with Crippen molar-refractivity contribution in [3.8, 4) is 0 Å². The van der Waals surface area contributed by atoms with E-state index in [-0.39, 0.29) is 6.29 Å². The van der Waals surface area contributed by atoms with Crippen LogP contribution in [-0.4, -0.2) is 54.3 Å². The van der Waals surface area contributed by atoms with Crippen molar-refractivity contribution in [1.82, 2.24) is 20.4 Å². The third kappa shape index (κ3) is 1.47. The van der Waals surface area contributed by atoms with Crippen LogP contribution in [0, 0.1) is 0 Å². The highest BCUT2D eigenvalue weighted by molar-refractivity contribution is 7.80. The Balaban J connectivity index is 2.13. The molecule has 2 rings (SSSR count). The Morgan fingerprint density at radius 1 is 1.54 bits per heavy atom. The summed E-state index contributed by atoms with van der Waals surface area (Å²) in [5.74, 6) is 0.891. The van der Waals surface area contributed by atoms with E-state index in [1.54, 1.807) is 0 Å². The molecule has 0 bridgehead atoms. The molecule has 1 unspecified atom stereocenters. The third-order valence-electron chi connectivity index (χ3n) is 2.13. The molecule has 0 aromatic carbocycles. The topological polar surface area (TPSA) is 42.9 Å². The molecule has 0 spiro atoms. The molecule has 0 aliphatic carbocycles. The highest BCUT2D eigenvalue weighted by Crippen LogP contribution is 2.06. The van der Waals surface area contributed by atoms with Crippen molar-refractivity contribution in [3.05, 3.63) is 0 Å². The number of aliphatic imine (C=N–C) groups is 1. The first-order chi connectivity index (χ1) is 6.18. The maximum Gasteiger partial charge on any atom is 0.203 e. The fourth-order valence-corrected chi connectivity index (χ4v) is 1.67. The van der Waals surface area contributed by atoms with E-state index in [9.17, 15) is 0 Å². The predicted octanol–water partition coefficient (Wildman–Crippen LogP) is -1.02. The molecule has 72 valence electrons. The Bertz CT molecular complexity index is 262. The zero-order chi connectivity index (χ0) is 9.42. The minimum absolute atomic E-state index is 0.0561. The van der Waals surface area contributed by atoms with Crippen LogP contribution in [0.4, 0.5) is 0 Å². The van der Waals surface area contributed by atoms with E-state index in [1.807, 2.05) is 23.9 Å². The first-order valence-corrected chi connectivity index (χ1v) is 4.65. The summed E-state index contributed by atoms with van der Waals surface area (Å²) in [6.45, 7) is 1.71. The first-order valence-electron chi connectivity index (χ1n) is 4.24. The van der Waals surface area contributed by atoms with Gasteiger partial charge in [0.1, 0.15) is 0 Å². The average molecular weight is 199 g/mol. The van der Waals surface area contributed by atoms with Crippen LogP contribution in [0.2, 0.25) is 0 Å². The van der Waals surface area contributed by atoms with Crippen LogP contribution in [0.25, 0.3) is 0 Å². The molecule has 0 radical (unpaired) electrons. The molecule has 6 heteroatoms. The van der Waals surface area contributed by atoms with Gasteiger partial charge >= 0.3 is 0 Å². The summed E-state index contributed by atoms with van der Waals surface area (Å²) in [5, 5.41) is 7.19. The van der Waals surface area contributed by atoms with Gasteiger partial charge in [0, 0.05) is 6.54 Å². The van der Waals surface area contributed by atoms with Crippen molar-refractivity contribution in [2.24, 2.45) is 4.99 Å². The highest BCUT2D eigenvalue weighted by Gasteiger charge is 2.30. The number of nitrogens with zero attached hydrogens (tertiary/aromatic N) is 3. The van der Waals surface area contributed by atoms with E-state index in [1.165, 1.54) is 0 Å². The van der Waals surface area contributed by atoms with Crippen molar-refractivity contribution in [1.29, 1.82) is 0 Å². The molecule has 5 nitrogen and oxygen atoms in total. The molecular weight excluding hydrogens is 186 g/mol. The Morgan fingerprint density at radius 2 is 2.31 bits per heavy atom. The van der Waals surface area contributed by atoms with Crippen LogP contribution in [0.1, 0.15) is 0 Å². The van der Waals surface area contributed by atoms with Gasteiger partial charge in [0.25, 0.3) is 0 Å². The zero-order valence-corrected chi connectivity index (χ0v) is 8.56. The fraction of sp³-hybridized carbons (Fsp3) is 0.714. The van der Waals surface area contributed by atoms with Crippen molar-refractivity contribution in [2.45, 2.75) is 6.29 Å². The Morgan fingerprint density at radius 3 is 3.00 bits per heavy atom. The van der Waals surface area contributed by atoms with Crippen LogP contribution in [0.5, 0.6) is 0 Å². The number of guanidine groups is 1. The summed E-state index contributed by atoms with van der Waals surface area (Å²) < 4.78 is 0. The quantitative estimate of drug-likeness (QED) is 0.529. The lowest BCUT2D eigenvalue weighted by Gasteiger charge is -2.37. The summed E-state index contributed by atoms with van der Waals surface area (Å²) in [4.78, 5) is 8.32. The maximum atomic E-state index is 5.21. The van der Waals surface area contributed by atoms with Crippen LogP contribution in [-0.2, 0) is 0 Å². The van der Waals surface area contributed by atoms with Gasteiger partial charge in [-0.1, -0.05) is 0 Å². The van der Waals surface area contributed by atoms with Crippen LogP contribution in [0.3, 0.4) is 0 Å². The van der Waals surface area contributed by atoms with Gasteiger partial charge in [0.15, 0.2) is 11.4 Å². The molecule has 2 N–H and O–H groups in total. The normalized spacial score (nSPS) is 26.7. The van der Waals surface area contributed by atoms with Gasteiger partial charge in [0.05, 0.1) is 6.54 Å². The molecule has 0 saturated carbocycles. The van der Waals surface area contributed by atoms with E-state index in [4.69, 9.17) is 12.2 Å². The number of fused-ring (bicyclic) bond motifs is 1. The fourth-order valence-electron chi connectivity index (χ4n) is 1.38. The predicted molar refractivity (Wildman–Crippen MR) is 55.4 cm³/mol. The van der Waals surface area contributed by atoms with Gasteiger partial charge in [-0.05, 0) is 26.3 Å². The summed E-state index contributed by atoms with van der Waals surface area (Å²) in [6, 6.07) is 0. The van der Waals surface area contributed by atoms with Gasteiger partial charge in [-0.25, -0.2) is 0 Å². The maximum absolute atomic E-state index is 5.21. The van der Waals surface area contributed by atoms with Gasteiger partial charge in [-0.2, -0.15) is 0 Å². The minimum Gasteiger partial charge on any atom is -0.330 e. The number of hydrogen-bond donors (Lipinski definition) is 2. The van der Waals surface area contributed by atoms with Gasteiger partial charge in [-0.3, -0.25) is 14.8 Å². The Labute approximate surface area is 82.8 Å². The molecule has 2 aliphatic rings. The number of rotatable bonds is 1. The molecule has 1 fully saturated rings. The molecule has 2 aliphatic heterocycles. The lowest BCUT2D eigenvalue weighted by molar-refractivity contribution is 0.238. The smallest absolute Gasteiger partial charge is 0.203 e. The van der Waals surface area contributed by atoms with Crippen molar-refractivity contribution in [3.63, 3.8) is 0 Å². The average Bonchev–Trinajstić information content (AvgIpc) is 2.51. The SMILES string of the molecule is CN(C)C1NC(=S)N2CCN=C2N1. The lowest BCUT2D eigenvalue weighted by Crippen LogP contribution is -2.66. The largest absolute Gasteiger partial charge is 0.330 e. The van der Waals surface area contributed by atoms with Crippen molar-refractivity contribution < 1.29 is 0 Å². The molecule has 13 heavy (non-hydrogen) atoms. The van der Waals surface area contributed by atoms with Crippen molar-refractivity contribution in [2.75, 3.05) is 27.2 Å². The second-order valence-corrected chi connectivity index (χ2v) is 3.70. The Kier molecular flexibility index (Phi) is 2.09. The van der Waals surface area contributed by atoms with Gasteiger partial charge < -0.3 is 10.6 Å². The number of hydrogen-bond acceptors (Lipinski definition) is 4. The number of thiocarbonyl (C=S) groups is 1. The summed E-state index contributed by atoms with van der Waals surface area (Å²) in [5.41, 5.74) is 0. The lowest BCUT2D eigenvalue weighted by atomic mass is 10.5. The molecule has 2 heterocycles. The van der Waals surface area contributed by atoms with E-state index in [0.717, 1.165) is 24.2 Å². The van der Waals surface area contributed by atoms with E-state index >= 15 is 0 Å². The molecule has 1 atom stereocenters. The van der Waals surface area contributed by atoms with Gasteiger partial charge in [-0.15, -0.1) is 0 Å². The number of nitrogens with one attached hydrogen (secondary N) is 2. The summed E-state index contributed by atoms with van der Waals surface area (Å²) in [6.07, 6.45) is 0.0561. The zero-order valence-electron chi connectivity index (χ0n) is 7.74. The molecule has 1 saturated heterocycles. The second kappa shape index (κ2) is 3.12.